The number of nitrogens with one attached hydrogen (secondary N) is 1. The van der Waals surface area contributed by atoms with Crippen LogP contribution >= 0.6 is 11.6 Å². The van der Waals surface area contributed by atoms with Crippen LogP contribution in [0.25, 0.3) is 0 Å². The molecule has 11 heavy (non-hydrogen) atoms. The van der Waals surface area contributed by atoms with Gasteiger partial charge >= 0.3 is 5.70 Å². The number of nitrogens with two attached hydrogens (primary N) is 1. The number of allylic oxidation sites excluding steroid dienone is 2. The summed E-state index contributed by atoms with van der Waals surface area (Å²) in [6.07, 6.45) is 2.05. The zero-order valence-corrected chi connectivity index (χ0v) is 6.21. The third-order valence-corrected chi connectivity index (χ3v) is 1.56. The van der Waals surface area contributed by atoms with Gasteiger partial charge in [-0.1, -0.05) is 11.6 Å². The van der Waals surface area contributed by atoms with Crippen molar-refractivity contribution in [2.24, 2.45) is 5.73 Å². The van der Waals surface area contributed by atoms with E-state index >= 15 is 0 Å². The number of hydrogen-bond donors (Lipinski definition) is 2. The van der Waals surface area contributed by atoms with Crippen molar-refractivity contribution in [3.8, 4) is 0 Å². The first-order valence-electron chi connectivity index (χ1n) is 2.85. The Balaban J connectivity index is 3.01. The van der Waals surface area contributed by atoms with Gasteiger partial charge in [-0.25, -0.2) is 0 Å². The van der Waals surface area contributed by atoms with Gasteiger partial charge in [0.25, 0.3) is 0 Å². The Labute approximate surface area is 67.7 Å². The fourth-order valence-electron chi connectivity index (χ4n) is 0.739. The average Bonchev–Trinajstić information content (AvgIpc) is 1.85. The molecule has 1 aliphatic rings. The minimum Gasteiger partial charge on any atom is -0.367 e. The summed E-state index contributed by atoms with van der Waals surface area (Å²) in [5.41, 5.74) is 5.12. The Bertz CT molecular complexity index is 248. The van der Waals surface area contributed by atoms with E-state index in [2.05, 4.69) is 5.32 Å². The number of nitrogens with zero attached hydrogens (tertiary/aromatic N) is 1. The summed E-state index contributed by atoms with van der Waals surface area (Å²) < 4.78 is 0. The highest BCUT2D eigenvalue weighted by Crippen LogP contribution is 2.16. The molecule has 0 bridgehead atoms. The first kappa shape index (κ1) is 8.03. The number of dihydropyridines is 1. The van der Waals surface area contributed by atoms with Crippen LogP contribution in [0.1, 0.15) is 0 Å². The van der Waals surface area contributed by atoms with Gasteiger partial charge in [0, 0.05) is 0 Å². The summed E-state index contributed by atoms with van der Waals surface area (Å²) in [6.45, 7) is 0. The highest BCUT2D eigenvalue weighted by Gasteiger charge is 2.25. The fraction of sp³-hybridized carbons (Fsp3) is 0.200. The average molecular weight is 176 g/mol. The van der Waals surface area contributed by atoms with Crippen molar-refractivity contribution in [3.63, 3.8) is 0 Å². The highest BCUT2D eigenvalue weighted by molar-refractivity contribution is 6.31. The lowest BCUT2D eigenvalue weighted by atomic mass is 10.3. The molecule has 0 aromatic rings. The Kier molecular flexibility index (Phi) is 2.11. The monoisotopic (exact) mass is 175 g/mol. The molecule has 0 fully saturated rings. The summed E-state index contributed by atoms with van der Waals surface area (Å²) in [7, 11) is 0. The molecule has 1 unspecified atom stereocenters. The number of hydrogen-bond acceptors (Lipinski definition) is 4. The summed E-state index contributed by atoms with van der Waals surface area (Å²) in [5, 5.41) is 12.9. The van der Waals surface area contributed by atoms with E-state index in [0.29, 0.717) is 0 Å². The van der Waals surface area contributed by atoms with Crippen molar-refractivity contribution in [3.05, 3.63) is 33.1 Å². The molecule has 0 radical (unpaired) electrons. The van der Waals surface area contributed by atoms with Crippen LogP contribution in [0.2, 0.25) is 0 Å². The third-order valence-electron chi connectivity index (χ3n) is 1.24. The van der Waals surface area contributed by atoms with Gasteiger partial charge in [0.2, 0.25) is 0 Å². The lowest BCUT2D eigenvalue weighted by Crippen LogP contribution is -2.40. The number of halogens is 1. The molecule has 0 aromatic carbocycles. The molecule has 0 amide bonds. The highest BCUT2D eigenvalue weighted by atomic mass is 35.5. The summed E-state index contributed by atoms with van der Waals surface area (Å²) in [6, 6.07) is 0. The minimum absolute atomic E-state index is 0.0706. The second kappa shape index (κ2) is 2.89. The van der Waals surface area contributed by atoms with Crippen LogP contribution in [0.4, 0.5) is 0 Å². The van der Waals surface area contributed by atoms with Gasteiger partial charge in [-0.3, -0.25) is 10.1 Å². The van der Waals surface area contributed by atoms with Gasteiger partial charge in [-0.05, 0) is 12.3 Å². The minimum atomic E-state index is -0.817. The van der Waals surface area contributed by atoms with E-state index in [9.17, 15) is 10.1 Å². The van der Waals surface area contributed by atoms with Crippen molar-refractivity contribution in [1.82, 2.24) is 5.32 Å². The van der Waals surface area contributed by atoms with Crippen LogP contribution < -0.4 is 11.1 Å². The summed E-state index contributed by atoms with van der Waals surface area (Å²) >= 11 is 5.50. The predicted octanol–water partition coefficient (Wildman–Crippen LogP) is 0.115. The largest absolute Gasteiger partial charge is 0.367 e. The first-order chi connectivity index (χ1) is 5.13. The molecule has 0 aliphatic carbocycles. The van der Waals surface area contributed by atoms with Crippen LogP contribution in [-0.4, -0.2) is 11.1 Å². The van der Waals surface area contributed by atoms with E-state index in [0.717, 1.165) is 0 Å². The zero-order chi connectivity index (χ0) is 8.43. The molecule has 1 aliphatic heterocycles. The van der Waals surface area contributed by atoms with E-state index in [4.69, 9.17) is 17.3 Å². The quantitative estimate of drug-likeness (QED) is 0.438. The van der Waals surface area contributed by atoms with Crippen molar-refractivity contribution >= 4 is 11.6 Å². The molecule has 0 saturated heterocycles. The molecular formula is C5H6ClN3O2. The first-order valence-corrected chi connectivity index (χ1v) is 3.23. The van der Waals surface area contributed by atoms with Crippen LogP contribution in [0.5, 0.6) is 0 Å². The maximum absolute atomic E-state index is 10.3. The Hall–Kier alpha value is -1.07. The SMILES string of the molecule is NC1NC=CC(Cl)=C1[N+](=O)[O-]. The topological polar surface area (TPSA) is 81.2 Å². The molecule has 1 heterocycles. The molecule has 0 spiro atoms. The van der Waals surface area contributed by atoms with E-state index in [1.807, 2.05) is 0 Å². The second-order valence-electron chi connectivity index (χ2n) is 1.97. The van der Waals surface area contributed by atoms with Gasteiger partial charge in [0.1, 0.15) is 5.03 Å². The van der Waals surface area contributed by atoms with Crippen molar-refractivity contribution in [1.29, 1.82) is 0 Å². The Morgan fingerprint density at radius 2 is 2.45 bits per heavy atom. The van der Waals surface area contributed by atoms with E-state index in [-0.39, 0.29) is 10.7 Å². The molecule has 1 rings (SSSR count). The van der Waals surface area contributed by atoms with Crippen molar-refractivity contribution in [2.75, 3.05) is 0 Å². The van der Waals surface area contributed by atoms with Crippen LogP contribution in [0.3, 0.4) is 0 Å². The Morgan fingerprint density at radius 3 is 2.82 bits per heavy atom. The molecule has 3 N–H and O–H groups in total. The predicted molar refractivity (Wildman–Crippen MR) is 40.1 cm³/mol. The summed E-state index contributed by atoms with van der Waals surface area (Å²) in [5.74, 6) is 0. The summed E-state index contributed by atoms with van der Waals surface area (Å²) in [4.78, 5) is 9.69. The lowest BCUT2D eigenvalue weighted by molar-refractivity contribution is -0.430. The lowest BCUT2D eigenvalue weighted by Gasteiger charge is -2.12. The van der Waals surface area contributed by atoms with Gasteiger partial charge < -0.3 is 11.1 Å². The standard InChI is InChI=1S/C5H6ClN3O2/c6-3-1-2-8-5(7)4(3)9(10)11/h1-2,5,8H,7H2. The van der Waals surface area contributed by atoms with Gasteiger partial charge in [-0.2, -0.15) is 0 Å². The Morgan fingerprint density at radius 1 is 1.82 bits per heavy atom. The molecule has 5 nitrogen and oxygen atoms in total. The maximum Gasteiger partial charge on any atom is 0.301 e. The smallest absolute Gasteiger partial charge is 0.301 e. The van der Waals surface area contributed by atoms with E-state index in [1.165, 1.54) is 12.3 Å². The van der Waals surface area contributed by atoms with Crippen LogP contribution in [-0.2, 0) is 0 Å². The molecular weight excluding hydrogens is 170 g/mol. The molecule has 0 aromatic heterocycles. The normalized spacial score (nSPS) is 23.3. The van der Waals surface area contributed by atoms with Crippen molar-refractivity contribution in [2.45, 2.75) is 6.17 Å². The molecule has 1 atom stereocenters. The van der Waals surface area contributed by atoms with Gasteiger partial charge in [0.05, 0.1) is 4.92 Å². The van der Waals surface area contributed by atoms with E-state index < -0.39 is 11.1 Å². The molecule has 6 heteroatoms. The zero-order valence-electron chi connectivity index (χ0n) is 5.45. The van der Waals surface area contributed by atoms with Gasteiger partial charge in [0.15, 0.2) is 6.17 Å². The van der Waals surface area contributed by atoms with Gasteiger partial charge in [-0.15, -0.1) is 0 Å². The van der Waals surface area contributed by atoms with Crippen LogP contribution in [0.15, 0.2) is 23.0 Å². The third kappa shape index (κ3) is 1.50. The molecule has 0 saturated carbocycles. The number of nitro groups is 1. The molecule has 60 valence electrons. The second-order valence-corrected chi connectivity index (χ2v) is 2.38. The van der Waals surface area contributed by atoms with Crippen LogP contribution in [0, 0.1) is 10.1 Å². The number of rotatable bonds is 1. The van der Waals surface area contributed by atoms with E-state index in [1.54, 1.807) is 0 Å². The van der Waals surface area contributed by atoms with Crippen molar-refractivity contribution < 1.29 is 4.92 Å². The maximum atomic E-state index is 10.3. The fourth-order valence-corrected chi connectivity index (χ4v) is 0.988.